The number of nitrogens with one attached hydrogen (secondary N) is 1. The SMILES string of the molecule is CC(C)(C(=O)O)C(=O)Nc1ncc(Br)s1. The van der Waals surface area contributed by atoms with Crippen LogP contribution in [0.5, 0.6) is 0 Å². The van der Waals surface area contributed by atoms with Gasteiger partial charge in [0.1, 0.15) is 5.41 Å². The first kappa shape index (κ1) is 12.1. The summed E-state index contributed by atoms with van der Waals surface area (Å²) >= 11 is 4.41. The second-order valence-electron chi connectivity index (χ2n) is 3.35. The summed E-state index contributed by atoms with van der Waals surface area (Å²) in [6, 6.07) is 0. The maximum Gasteiger partial charge on any atom is 0.318 e. The minimum absolute atomic E-state index is 0.376. The smallest absolute Gasteiger partial charge is 0.318 e. The molecule has 7 heteroatoms. The lowest BCUT2D eigenvalue weighted by Gasteiger charge is -2.16. The third-order valence-corrected chi connectivity index (χ3v) is 3.19. The van der Waals surface area contributed by atoms with Crippen molar-refractivity contribution >= 4 is 44.3 Å². The molecule has 0 radical (unpaired) electrons. The molecule has 15 heavy (non-hydrogen) atoms. The van der Waals surface area contributed by atoms with Gasteiger partial charge in [-0.25, -0.2) is 4.98 Å². The highest BCUT2D eigenvalue weighted by Crippen LogP contribution is 2.25. The number of hydrogen-bond acceptors (Lipinski definition) is 4. The maximum absolute atomic E-state index is 11.5. The fourth-order valence-corrected chi connectivity index (χ4v) is 1.76. The third kappa shape index (κ3) is 2.75. The van der Waals surface area contributed by atoms with E-state index >= 15 is 0 Å². The van der Waals surface area contributed by atoms with Gasteiger partial charge in [-0.3, -0.25) is 9.59 Å². The predicted octanol–water partition coefficient (Wildman–Crippen LogP) is 1.95. The van der Waals surface area contributed by atoms with Crippen LogP contribution in [0.25, 0.3) is 0 Å². The van der Waals surface area contributed by atoms with Crippen LogP contribution in [-0.2, 0) is 9.59 Å². The Morgan fingerprint density at radius 2 is 2.20 bits per heavy atom. The minimum Gasteiger partial charge on any atom is -0.480 e. The fourth-order valence-electron chi connectivity index (χ4n) is 0.663. The Morgan fingerprint density at radius 1 is 1.60 bits per heavy atom. The highest BCUT2D eigenvalue weighted by Gasteiger charge is 2.36. The molecule has 0 saturated heterocycles. The molecule has 0 unspecified atom stereocenters. The van der Waals surface area contributed by atoms with Crippen LogP contribution in [0, 0.1) is 5.41 Å². The average molecular weight is 293 g/mol. The fraction of sp³-hybridized carbons (Fsp3) is 0.375. The van der Waals surface area contributed by atoms with Crippen LogP contribution in [0.3, 0.4) is 0 Å². The highest BCUT2D eigenvalue weighted by molar-refractivity contribution is 9.11. The first-order valence-electron chi connectivity index (χ1n) is 4.00. The Hall–Kier alpha value is -0.950. The van der Waals surface area contributed by atoms with E-state index in [9.17, 15) is 9.59 Å². The summed E-state index contributed by atoms with van der Waals surface area (Å²) in [5, 5.41) is 11.6. The number of carbonyl (C=O) groups is 2. The molecule has 0 atom stereocenters. The van der Waals surface area contributed by atoms with Gasteiger partial charge in [0.15, 0.2) is 5.13 Å². The molecule has 0 aliphatic rings. The summed E-state index contributed by atoms with van der Waals surface area (Å²) in [5.41, 5.74) is -1.46. The first-order valence-corrected chi connectivity index (χ1v) is 5.61. The number of nitrogens with zero attached hydrogens (tertiary/aromatic N) is 1. The van der Waals surface area contributed by atoms with E-state index in [2.05, 4.69) is 26.2 Å². The van der Waals surface area contributed by atoms with Gasteiger partial charge in [0.25, 0.3) is 0 Å². The number of aliphatic carboxylic acids is 1. The molecule has 0 bridgehead atoms. The van der Waals surface area contributed by atoms with Crippen molar-refractivity contribution in [2.75, 3.05) is 5.32 Å². The van der Waals surface area contributed by atoms with Crippen molar-refractivity contribution in [1.29, 1.82) is 0 Å². The molecule has 1 aromatic heterocycles. The molecule has 0 saturated carbocycles. The van der Waals surface area contributed by atoms with Crippen LogP contribution < -0.4 is 5.32 Å². The molecule has 0 aliphatic carbocycles. The molecular weight excluding hydrogens is 284 g/mol. The van der Waals surface area contributed by atoms with Crippen molar-refractivity contribution in [2.45, 2.75) is 13.8 Å². The number of anilines is 1. The molecule has 82 valence electrons. The van der Waals surface area contributed by atoms with Crippen LogP contribution in [0.2, 0.25) is 0 Å². The number of amides is 1. The second-order valence-corrected chi connectivity index (χ2v) is 5.76. The number of hydrogen-bond donors (Lipinski definition) is 2. The summed E-state index contributed by atoms with van der Waals surface area (Å²) in [5.74, 6) is -1.76. The largest absolute Gasteiger partial charge is 0.480 e. The molecule has 1 amide bonds. The Balaban J connectivity index is 2.76. The minimum atomic E-state index is -1.46. The normalized spacial score (nSPS) is 11.1. The number of aromatic nitrogens is 1. The molecule has 0 aliphatic heterocycles. The van der Waals surface area contributed by atoms with Crippen molar-refractivity contribution < 1.29 is 14.7 Å². The third-order valence-electron chi connectivity index (χ3n) is 1.80. The summed E-state index contributed by atoms with van der Waals surface area (Å²) < 4.78 is 0.769. The summed E-state index contributed by atoms with van der Waals surface area (Å²) in [7, 11) is 0. The van der Waals surface area contributed by atoms with Crippen LogP contribution in [-0.4, -0.2) is 22.0 Å². The second kappa shape index (κ2) is 4.28. The van der Waals surface area contributed by atoms with Crippen LogP contribution in [0.4, 0.5) is 5.13 Å². The van der Waals surface area contributed by atoms with E-state index in [0.29, 0.717) is 5.13 Å². The van der Waals surface area contributed by atoms with Crippen molar-refractivity contribution in [2.24, 2.45) is 5.41 Å². The Bertz CT molecular complexity index is 402. The van der Waals surface area contributed by atoms with Gasteiger partial charge < -0.3 is 10.4 Å². The van der Waals surface area contributed by atoms with Gasteiger partial charge in [-0.2, -0.15) is 0 Å². The van der Waals surface area contributed by atoms with Crippen LogP contribution >= 0.6 is 27.3 Å². The zero-order chi connectivity index (χ0) is 11.6. The molecule has 5 nitrogen and oxygen atoms in total. The molecular formula is C8H9BrN2O3S. The topological polar surface area (TPSA) is 79.3 Å². The van der Waals surface area contributed by atoms with E-state index in [4.69, 9.17) is 5.11 Å². The van der Waals surface area contributed by atoms with Crippen molar-refractivity contribution in [1.82, 2.24) is 4.98 Å². The molecule has 1 heterocycles. The van der Waals surface area contributed by atoms with Crippen molar-refractivity contribution in [3.05, 3.63) is 9.98 Å². The molecule has 0 aromatic carbocycles. The summed E-state index contributed by atoms with van der Waals surface area (Å²) in [4.78, 5) is 26.2. The molecule has 1 rings (SSSR count). The lowest BCUT2D eigenvalue weighted by Crippen LogP contribution is -2.37. The zero-order valence-electron chi connectivity index (χ0n) is 8.07. The highest BCUT2D eigenvalue weighted by atomic mass is 79.9. The van der Waals surface area contributed by atoms with Crippen molar-refractivity contribution in [3.63, 3.8) is 0 Å². The van der Waals surface area contributed by atoms with Gasteiger partial charge >= 0.3 is 5.97 Å². The average Bonchev–Trinajstić information content (AvgIpc) is 2.50. The quantitative estimate of drug-likeness (QED) is 0.835. The zero-order valence-corrected chi connectivity index (χ0v) is 10.5. The lowest BCUT2D eigenvalue weighted by molar-refractivity contribution is -0.151. The van der Waals surface area contributed by atoms with E-state index in [1.165, 1.54) is 31.4 Å². The molecule has 0 spiro atoms. The maximum atomic E-state index is 11.5. The lowest BCUT2D eigenvalue weighted by atomic mass is 9.93. The Morgan fingerprint density at radius 3 is 2.60 bits per heavy atom. The van der Waals surface area contributed by atoms with Gasteiger partial charge in [0.2, 0.25) is 5.91 Å². The van der Waals surface area contributed by atoms with Gasteiger partial charge in [0, 0.05) is 0 Å². The monoisotopic (exact) mass is 292 g/mol. The summed E-state index contributed by atoms with van der Waals surface area (Å²) in [6.07, 6.45) is 1.54. The molecule has 0 fully saturated rings. The number of thiazole rings is 1. The first-order chi connectivity index (χ1) is 6.84. The van der Waals surface area contributed by atoms with Gasteiger partial charge in [0.05, 0.1) is 9.98 Å². The standard InChI is InChI=1S/C8H9BrN2O3S/c1-8(2,6(13)14)5(12)11-7-10-3-4(9)15-7/h3H,1-2H3,(H,13,14)(H,10,11,12). The number of carbonyl (C=O) groups excluding carboxylic acids is 1. The van der Waals surface area contributed by atoms with E-state index < -0.39 is 17.3 Å². The van der Waals surface area contributed by atoms with E-state index in [1.807, 2.05) is 0 Å². The molecule has 2 N–H and O–H groups in total. The molecule has 1 aromatic rings. The van der Waals surface area contributed by atoms with Crippen LogP contribution in [0.1, 0.15) is 13.8 Å². The van der Waals surface area contributed by atoms with E-state index in [1.54, 1.807) is 0 Å². The van der Waals surface area contributed by atoms with Gasteiger partial charge in [-0.1, -0.05) is 11.3 Å². The number of rotatable bonds is 3. The predicted molar refractivity (Wildman–Crippen MR) is 59.9 cm³/mol. The summed E-state index contributed by atoms with van der Waals surface area (Å²) in [6.45, 7) is 2.68. The Kier molecular flexibility index (Phi) is 3.46. The number of halogens is 1. The van der Waals surface area contributed by atoms with Crippen LogP contribution in [0.15, 0.2) is 9.98 Å². The van der Waals surface area contributed by atoms with Gasteiger partial charge in [-0.15, -0.1) is 0 Å². The van der Waals surface area contributed by atoms with E-state index in [-0.39, 0.29) is 0 Å². The number of carboxylic acids is 1. The number of carboxylic acid groups (broad SMARTS) is 1. The Labute approximate surface area is 98.7 Å². The van der Waals surface area contributed by atoms with Crippen molar-refractivity contribution in [3.8, 4) is 0 Å². The van der Waals surface area contributed by atoms with Gasteiger partial charge in [-0.05, 0) is 29.8 Å². The van der Waals surface area contributed by atoms with E-state index in [0.717, 1.165) is 3.79 Å².